The lowest BCUT2D eigenvalue weighted by Gasteiger charge is -2.14. The molecule has 0 aliphatic heterocycles. The van der Waals surface area contributed by atoms with Crippen LogP contribution in [0.3, 0.4) is 0 Å². The minimum Gasteiger partial charge on any atom is -0.307 e. The van der Waals surface area contributed by atoms with Gasteiger partial charge in [0.2, 0.25) is 0 Å². The van der Waals surface area contributed by atoms with Gasteiger partial charge in [-0.2, -0.15) is 0 Å². The second-order valence-electron chi connectivity index (χ2n) is 14.0. The number of benzene rings is 8. The Morgan fingerprint density at radius 2 is 0.852 bits per heavy atom. The van der Waals surface area contributed by atoms with Crippen molar-refractivity contribution in [2.75, 3.05) is 0 Å². The van der Waals surface area contributed by atoms with Crippen LogP contribution in [0.4, 0.5) is 0 Å². The number of fused-ring (bicyclic) bond motifs is 12. The number of aromatic nitrogens is 5. The molecule has 4 aromatic heterocycles. The monoisotopic (exact) mass is 687 g/mol. The van der Waals surface area contributed by atoms with E-state index >= 15 is 0 Å². The summed E-state index contributed by atoms with van der Waals surface area (Å²) in [5.41, 5.74) is 9.81. The number of para-hydroxylation sites is 3. The minimum atomic E-state index is 0.643. The van der Waals surface area contributed by atoms with Crippen molar-refractivity contribution in [2.45, 2.75) is 0 Å². The standard InChI is InChI=1S/C49H29N5/c1-3-15-31(16-4-1)47-50-48(32-17-5-2-6-18-32)52-49(51-47)38-28-27-37-43-33-19-8-7-14-30(33)26-29-41(43)53-39-23-11-9-20-34(39)35-22-13-25-42(45(35)53)54-40-24-12-10-21-36(40)44(38)46(37)54/h1-29H. The fourth-order valence-corrected chi connectivity index (χ4v) is 8.82. The maximum absolute atomic E-state index is 5.24. The molecule has 5 nitrogen and oxygen atoms in total. The molecular weight excluding hydrogens is 659 g/mol. The normalized spacial score (nSPS) is 12.1. The van der Waals surface area contributed by atoms with Crippen molar-refractivity contribution in [2.24, 2.45) is 0 Å². The highest BCUT2D eigenvalue weighted by molar-refractivity contribution is 6.29. The van der Waals surface area contributed by atoms with Gasteiger partial charge < -0.3 is 8.80 Å². The Kier molecular flexibility index (Phi) is 5.99. The highest BCUT2D eigenvalue weighted by atomic mass is 15.0. The second kappa shape index (κ2) is 11.1. The summed E-state index contributed by atoms with van der Waals surface area (Å²) in [4.78, 5) is 15.5. The van der Waals surface area contributed by atoms with Gasteiger partial charge in [-0.1, -0.05) is 146 Å². The molecule has 0 aliphatic rings. The van der Waals surface area contributed by atoms with Crippen molar-refractivity contribution in [1.82, 2.24) is 23.8 Å². The first kappa shape index (κ1) is 29.2. The second-order valence-corrected chi connectivity index (χ2v) is 14.0. The lowest BCUT2D eigenvalue weighted by molar-refractivity contribution is 1.08. The number of nitrogens with zero attached hydrogens (tertiary/aromatic N) is 5. The van der Waals surface area contributed by atoms with E-state index in [9.17, 15) is 0 Å². The zero-order chi connectivity index (χ0) is 35.3. The first-order valence-corrected chi connectivity index (χ1v) is 18.3. The first-order chi connectivity index (χ1) is 26.8. The van der Waals surface area contributed by atoms with Gasteiger partial charge in [-0.15, -0.1) is 0 Å². The average molecular weight is 688 g/mol. The van der Waals surface area contributed by atoms with E-state index in [4.69, 9.17) is 15.0 Å². The Balaban J connectivity index is 1.35. The molecule has 0 spiro atoms. The Bertz CT molecular complexity index is 3430. The molecular formula is C49H29N5. The lowest BCUT2D eigenvalue weighted by Crippen LogP contribution is -2.00. The molecule has 0 saturated heterocycles. The van der Waals surface area contributed by atoms with Crippen LogP contribution in [0.5, 0.6) is 0 Å². The summed E-state index contributed by atoms with van der Waals surface area (Å²) < 4.78 is 4.98. The molecule has 4 heterocycles. The third-order valence-corrected chi connectivity index (χ3v) is 11.1. The van der Waals surface area contributed by atoms with Gasteiger partial charge in [0.1, 0.15) is 0 Å². The molecule has 12 rings (SSSR count). The van der Waals surface area contributed by atoms with Crippen molar-refractivity contribution in [3.8, 4) is 34.2 Å². The van der Waals surface area contributed by atoms with Crippen LogP contribution in [-0.2, 0) is 0 Å². The summed E-state index contributed by atoms with van der Waals surface area (Å²) >= 11 is 0. The Labute approximate surface area is 309 Å². The lowest BCUT2D eigenvalue weighted by atomic mass is 9.98. The SMILES string of the molecule is c1ccc(-c2nc(-c3ccccc3)nc(-c3ccc4c5c6ccccc6ccc5n5c6ccccc6c6cccc(c65)n5c6ccccc6c3c45)n2)cc1. The predicted octanol–water partition coefficient (Wildman–Crippen LogP) is 12.3. The fraction of sp³-hybridized carbons (Fsp3) is 0. The minimum absolute atomic E-state index is 0.643. The maximum Gasteiger partial charge on any atom is 0.164 e. The summed E-state index contributed by atoms with van der Waals surface area (Å²) in [7, 11) is 0. The van der Waals surface area contributed by atoms with Gasteiger partial charge in [0.15, 0.2) is 17.5 Å². The predicted molar refractivity (Wildman–Crippen MR) is 223 cm³/mol. The van der Waals surface area contributed by atoms with Gasteiger partial charge in [0.25, 0.3) is 0 Å². The molecule has 250 valence electrons. The topological polar surface area (TPSA) is 47.5 Å². The Hall–Kier alpha value is -7.37. The van der Waals surface area contributed by atoms with Gasteiger partial charge in [-0.05, 0) is 41.1 Å². The third kappa shape index (κ3) is 4.01. The van der Waals surface area contributed by atoms with Crippen molar-refractivity contribution in [3.63, 3.8) is 0 Å². The van der Waals surface area contributed by atoms with Crippen LogP contribution < -0.4 is 0 Å². The highest BCUT2D eigenvalue weighted by Gasteiger charge is 2.23. The molecule has 0 amide bonds. The summed E-state index contributed by atoms with van der Waals surface area (Å²) in [5, 5.41) is 9.52. The van der Waals surface area contributed by atoms with E-state index in [-0.39, 0.29) is 0 Å². The molecule has 0 N–H and O–H groups in total. The molecule has 0 aliphatic carbocycles. The molecule has 0 unspecified atom stereocenters. The molecule has 0 saturated carbocycles. The summed E-state index contributed by atoms with van der Waals surface area (Å²) in [6.45, 7) is 0. The Morgan fingerprint density at radius 3 is 1.59 bits per heavy atom. The molecule has 54 heavy (non-hydrogen) atoms. The van der Waals surface area contributed by atoms with Gasteiger partial charge in [-0.25, -0.2) is 15.0 Å². The van der Waals surface area contributed by atoms with Crippen molar-refractivity contribution >= 4 is 76.2 Å². The van der Waals surface area contributed by atoms with Crippen LogP contribution in [-0.4, -0.2) is 23.8 Å². The molecule has 5 heteroatoms. The molecule has 0 bridgehead atoms. The molecule has 0 atom stereocenters. The summed E-state index contributed by atoms with van der Waals surface area (Å²) in [5.74, 6) is 1.93. The smallest absolute Gasteiger partial charge is 0.164 e. The van der Waals surface area contributed by atoms with Crippen molar-refractivity contribution < 1.29 is 0 Å². The van der Waals surface area contributed by atoms with Crippen molar-refractivity contribution in [1.29, 1.82) is 0 Å². The first-order valence-electron chi connectivity index (χ1n) is 18.3. The fourth-order valence-electron chi connectivity index (χ4n) is 8.82. The van der Waals surface area contributed by atoms with E-state index < -0.39 is 0 Å². The number of rotatable bonds is 3. The average Bonchev–Trinajstić information content (AvgIpc) is 3.77. The van der Waals surface area contributed by atoms with Gasteiger partial charge in [-0.3, -0.25) is 0 Å². The van der Waals surface area contributed by atoms with E-state index in [1.165, 1.54) is 38.0 Å². The maximum atomic E-state index is 5.24. The van der Waals surface area contributed by atoms with Crippen LogP contribution >= 0.6 is 0 Å². The molecule has 0 radical (unpaired) electrons. The van der Waals surface area contributed by atoms with E-state index in [1.807, 2.05) is 36.4 Å². The largest absolute Gasteiger partial charge is 0.307 e. The van der Waals surface area contributed by atoms with Gasteiger partial charge in [0.05, 0.1) is 33.1 Å². The van der Waals surface area contributed by atoms with E-state index in [0.29, 0.717) is 17.5 Å². The Morgan fingerprint density at radius 1 is 0.296 bits per heavy atom. The van der Waals surface area contributed by atoms with Crippen LogP contribution in [0, 0.1) is 0 Å². The molecule has 8 aromatic carbocycles. The highest BCUT2D eigenvalue weighted by Crippen LogP contribution is 2.44. The third-order valence-electron chi connectivity index (χ3n) is 11.1. The van der Waals surface area contributed by atoms with Crippen LogP contribution in [0.1, 0.15) is 0 Å². The van der Waals surface area contributed by atoms with Crippen LogP contribution in [0.25, 0.3) is 110 Å². The van der Waals surface area contributed by atoms with Crippen LogP contribution in [0.15, 0.2) is 176 Å². The zero-order valence-electron chi connectivity index (χ0n) is 29.0. The van der Waals surface area contributed by atoms with Crippen LogP contribution in [0.2, 0.25) is 0 Å². The van der Waals surface area contributed by atoms with Crippen molar-refractivity contribution in [3.05, 3.63) is 176 Å². The van der Waals surface area contributed by atoms with Gasteiger partial charge in [0, 0.05) is 49.0 Å². The van der Waals surface area contributed by atoms with Gasteiger partial charge >= 0.3 is 0 Å². The van der Waals surface area contributed by atoms with E-state index in [2.05, 4.69) is 148 Å². The van der Waals surface area contributed by atoms with E-state index in [1.54, 1.807) is 0 Å². The van der Waals surface area contributed by atoms with E-state index in [0.717, 1.165) is 54.9 Å². The molecule has 12 aromatic rings. The number of hydrogen-bond acceptors (Lipinski definition) is 3. The summed E-state index contributed by atoms with van der Waals surface area (Å²) in [6, 6.07) is 62.6. The molecule has 0 fully saturated rings. The zero-order valence-corrected chi connectivity index (χ0v) is 29.0. The number of hydrogen-bond donors (Lipinski definition) is 0. The quantitative estimate of drug-likeness (QED) is 0.186. The summed E-state index contributed by atoms with van der Waals surface area (Å²) in [6.07, 6.45) is 0.